The highest BCUT2D eigenvalue weighted by Gasteiger charge is 2.19. The number of amides is 1. The van der Waals surface area contributed by atoms with Gasteiger partial charge >= 0.3 is 5.97 Å². The fourth-order valence-corrected chi connectivity index (χ4v) is 2.87. The molecule has 0 aromatic heterocycles. The Kier molecular flexibility index (Phi) is 6.76. The molecule has 0 unspecified atom stereocenters. The van der Waals surface area contributed by atoms with Gasteiger partial charge in [-0.2, -0.15) is 0 Å². The van der Waals surface area contributed by atoms with Gasteiger partial charge in [-0.25, -0.2) is 18.4 Å². The molecule has 0 aliphatic rings. The molecule has 8 nitrogen and oxygen atoms in total. The van der Waals surface area contributed by atoms with Gasteiger partial charge in [0.25, 0.3) is 5.91 Å². The van der Waals surface area contributed by atoms with E-state index in [2.05, 4.69) is 5.32 Å². The molecule has 0 radical (unpaired) electrons. The zero-order valence-electron chi connectivity index (χ0n) is 15.8. The van der Waals surface area contributed by atoms with Crippen molar-refractivity contribution < 1.29 is 27.5 Å². The lowest BCUT2D eigenvalue weighted by atomic mass is 10.1. The third-order valence-corrected chi connectivity index (χ3v) is 4.73. The smallest absolute Gasteiger partial charge is 0.344 e. The molecule has 9 heteroatoms. The molecule has 0 bridgehead atoms. The molecule has 0 saturated carbocycles. The lowest BCUT2D eigenvalue weighted by molar-refractivity contribution is -0.155. The Morgan fingerprint density at radius 3 is 2.32 bits per heavy atom. The van der Waals surface area contributed by atoms with Crippen molar-refractivity contribution in [2.75, 3.05) is 11.9 Å². The molecular formula is C19H22N2O6S. The normalized spacial score (nSPS) is 12.1. The van der Waals surface area contributed by atoms with Gasteiger partial charge in [0, 0.05) is 5.69 Å². The van der Waals surface area contributed by atoms with Crippen molar-refractivity contribution in [2.45, 2.75) is 31.8 Å². The molecule has 0 aliphatic carbocycles. The SMILES string of the molecule is Cc1ccc(OCC(=O)O[C@@H](C)C(=O)Nc2ccc(S(N)(=O)=O)cc2)c(C)c1. The second kappa shape index (κ2) is 8.85. The van der Waals surface area contributed by atoms with Crippen LogP contribution in [0.3, 0.4) is 0 Å². The predicted molar refractivity (Wildman–Crippen MR) is 103 cm³/mol. The van der Waals surface area contributed by atoms with Crippen LogP contribution in [0.5, 0.6) is 5.75 Å². The summed E-state index contributed by atoms with van der Waals surface area (Å²) >= 11 is 0. The highest BCUT2D eigenvalue weighted by molar-refractivity contribution is 7.89. The average molecular weight is 406 g/mol. The Morgan fingerprint density at radius 2 is 1.75 bits per heavy atom. The van der Waals surface area contributed by atoms with Crippen molar-refractivity contribution in [3.8, 4) is 5.75 Å². The molecule has 0 saturated heterocycles. The van der Waals surface area contributed by atoms with Gasteiger partial charge in [0.2, 0.25) is 10.0 Å². The number of carbonyl (C=O) groups is 2. The molecular weight excluding hydrogens is 384 g/mol. The van der Waals surface area contributed by atoms with Crippen LogP contribution in [-0.4, -0.2) is 33.0 Å². The molecule has 1 amide bonds. The van der Waals surface area contributed by atoms with Crippen molar-refractivity contribution in [1.82, 2.24) is 0 Å². The van der Waals surface area contributed by atoms with Crippen LogP contribution in [0, 0.1) is 13.8 Å². The summed E-state index contributed by atoms with van der Waals surface area (Å²) < 4.78 is 32.9. The van der Waals surface area contributed by atoms with E-state index < -0.39 is 28.0 Å². The van der Waals surface area contributed by atoms with Crippen LogP contribution in [0.15, 0.2) is 47.4 Å². The van der Waals surface area contributed by atoms with Gasteiger partial charge in [0.1, 0.15) is 5.75 Å². The number of sulfonamides is 1. The first-order valence-electron chi connectivity index (χ1n) is 8.39. The molecule has 0 aliphatic heterocycles. The van der Waals surface area contributed by atoms with E-state index in [0.717, 1.165) is 11.1 Å². The van der Waals surface area contributed by atoms with E-state index in [1.54, 1.807) is 6.07 Å². The Morgan fingerprint density at radius 1 is 1.11 bits per heavy atom. The molecule has 0 fully saturated rings. The number of ether oxygens (including phenoxy) is 2. The van der Waals surface area contributed by atoms with Gasteiger partial charge in [-0.3, -0.25) is 4.79 Å². The molecule has 2 aromatic carbocycles. The maximum Gasteiger partial charge on any atom is 0.344 e. The highest BCUT2D eigenvalue weighted by atomic mass is 32.2. The summed E-state index contributed by atoms with van der Waals surface area (Å²) in [6.45, 7) is 4.91. The van der Waals surface area contributed by atoms with Gasteiger partial charge in [-0.1, -0.05) is 17.7 Å². The van der Waals surface area contributed by atoms with Gasteiger partial charge < -0.3 is 14.8 Å². The third-order valence-electron chi connectivity index (χ3n) is 3.80. The monoisotopic (exact) mass is 406 g/mol. The van der Waals surface area contributed by atoms with Crippen LogP contribution in [0.4, 0.5) is 5.69 Å². The summed E-state index contributed by atoms with van der Waals surface area (Å²) in [5.74, 6) is -0.690. The van der Waals surface area contributed by atoms with E-state index in [1.807, 2.05) is 26.0 Å². The molecule has 0 spiro atoms. The standard InChI is InChI=1S/C19H22N2O6S/c1-12-4-9-17(13(2)10-12)26-11-18(22)27-14(3)19(23)21-15-5-7-16(8-6-15)28(20,24)25/h4-10,14H,11H2,1-3H3,(H,21,23)(H2,20,24,25)/t14-/m0/s1. The number of hydrogen-bond acceptors (Lipinski definition) is 6. The Bertz CT molecular complexity index is 970. The number of carbonyl (C=O) groups excluding carboxylic acids is 2. The zero-order chi connectivity index (χ0) is 20.9. The maximum absolute atomic E-state index is 12.1. The van der Waals surface area contributed by atoms with Crippen molar-refractivity contribution in [3.63, 3.8) is 0 Å². The first kappa shape index (κ1) is 21.4. The van der Waals surface area contributed by atoms with Gasteiger partial charge in [0.15, 0.2) is 12.7 Å². The minimum atomic E-state index is -3.81. The van der Waals surface area contributed by atoms with E-state index in [0.29, 0.717) is 11.4 Å². The Labute approximate surface area is 163 Å². The Hall–Kier alpha value is -2.91. The number of anilines is 1. The second-order valence-electron chi connectivity index (χ2n) is 6.25. The topological polar surface area (TPSA) is 125 Å². The summed E-state index contributed by atoms with van der Waals surface area (Å²) in [5, 5.41) is 7.54. The highest BCUT2D eigenvalue weighted by Crippen LogP contribution is 2.18. The number of esters is 1. The molecule has 0 heterocycles. The second-order valence-corrected chi connectivity index (χ2v) is 7.81. The molecule has 1 atom stereocenters. The number of rotatable bonds is 7. The predicted octanol–water partition coefficient (Wildman–Crippen LogP) is 1.90. The third kappa shape index (κ3) is 6.07. The Balaban J connectivity index is 1.86. The number of aryl methyl sites for hydroxylation is 2. The van der Waals surface area contributed by atoms with E-state index in [9.17, 15) is 18.0 Å². The first-order chi connectivity index (χ1) is 13.1. The van der Waals surface area contributed by atoms with Crippen LogP contribution >= 0.6 is 0 Å². The van der Waals surface area contributed by atoms with E-state index in [4.69, 9.17) is 14.6 Å². The van der Waals surface area contributed by atoms with Crippen LogP contribution in [0.2, 0.25) is 0 Å². The minimum absolute atomic E-state index is 0.0754. The van der Waals surface area contributed by atoms with Crippen LogP contribution in [0.1, 0.15) is 18.1 Å². The maximum atomic E-state index is 12.1. The average Bonchev–Trinajstić information content (AvgIpc) is 2.60. The quantitative estimate of drug-likeness (QED) is 0.677. The van der Waals surface area contributed by atoms with Crippen LogP contribution in [0.25, 0.3) is 0 Å². The largest absolute Gasteiger partial charge is 0.482 e. The summed E-state index contributed by atoms with van der Waals surface area (Å²) in [6, 6.07) is 10.9. The van der Waals surface area contributed by atoms with E-state index in [1.165, 1.54) is 31.2 Å². The number of benzene rings is 2. The van der Waals surface area contributed by atoms with Crippen molar-refractivity contribution in [1.29, 1.82) is 0 Å². The summed E-state index contributed by atoms with van der Waals surface area (Å²) in [5.41, 5.74) is 2.31. The summed E-state index contributed by atoms with van der Waals surface area (Å²) in [7, 11) is -3.81. The van der Waals surface area contributed by atoms with Gasteiger partial charge in [-0.15, -0.1) is 0 Å². The minimum Gasteiger partial charge on any atom is -0.482 e. The lowest BCUT2D eigenvalue weighted by Crippen LogP contribution is -2.31. The van der Waals surface area contributed by atoms with Crippen molar-refractivity contribution >= 4 is 27.6 Å². The number of nitrogens with two attached hydrogens (primary N) is 1. The van der Waals surface area contributed by atoms with E-state index >= 15 is 0 Å². The first-order valence-corrected chi connectivity index (χ1v) is 9.94. The molecule has 150 valence electrons. The van der Waals surface area contributed by atoms with Crippen LogP contribution < -0.4 is 15.2 Å². The number of primary sulfonamides is 1. The number of nitrogens with one attached hydrogen (secondary N) is 1. The van der Waals surface area contributed by atoms with Crippen LogP contribution in [-0.2, 0) is 24.3 Å². The van der Waals surface area contributed by atoms with Crippen molar-refractivity contribution in [2.24, 2.45) is 5.14 Å². The molecule has 3 N–H and O–H groups in total. The fourth-order valence-electron chi connectivity index (χ4n) is 2.35. The summed E-state index contributed by atoms with van der Waals surface area (Å²) in [6.07, 6.45) is -1.06. The van der Waals surface area contributed by atoms with Crippen molar-refractivity contribution in [3.05, 3.63) is 53.6 Å². The zero-order valence-corrected chi connectivity index (χ0v) is 16.6. The van der Waals surface area contributed by atoms with Gasteiger partial charge in [0.05, 0.1) is 4.90 Å². The molecule has 28 heavy (non-hydrogen) atoms. The fraction of sp³-hybridized carbons (Fsp3) is 0.263. The lowest BCUT2D eigenvalue weighted by Gasteiger charge is -2.14. The molecule has 2 aromatic rings. The molecule has 2 rings (SSSR count). The van der Waals surface area contributed by atoms with E-state index in [-0.39, 0.29) is 11.5 Å². The number of hydrogen-bond donors (Lipinski definition) is 2. The summed E-state index contributed by atoms with van der Waals surface area (Å²) in [4.78, 5) is 24.0. The van der Waals surface area contributed by atoms with Gasteiger partial charge in [-0.05, 0) is 56.7 Å².